The molecule has 1 aliphatic carbocycles. The van der Waals surface area contributed by atoms with Gasteiger partial charge in [-0.05, 0) is 55.2 Å². The van der Waals surface area contributed by atoms with Gasteiger partial charge in [0.15, 0.2) is 0 Å². The predicted octanol–water partition coefficient (Wildman–Crippen LogP) is 3.08. The molecule has 0 radical (unpaired) electrons. The summed E-state index contributed by atoms with van der Waals surface area (Å²) in [4.78, 5) is 14.4. The lowest BCUT2D eigenvalue weighted by Crippen LogP contribution is -2.48. The molecule has 0 spiro atoms. The lowest BCUT2D eigenvalue weighted by Gasteiger charge is -2.38. The van der Waals surface area contributed by atoms with Crippen LogP contribution in [-0.4, -0.2) is 35.7 Å². The number of carbonyl (C=O) groups is 1. The van der Waals surface area contributed by atoms with Crippen LogP contribution in [-0.2, 0) is 0 Å². The van der Waals surface area contributed by atoms with Crippen molar-refractivity contribution in [2.45, 2.75) is 38.1 Å². The van der Waals surface area contributed by atoms with E-state index in [9.17, 15) is 14.3 Å². The molecule has 2 amide bonds. The van der Waals surface area contributed by atoms with E-state index < -0.39 is 0 Å². The number of nitrogens with one attached hydrogen (secondary N) is 1. The van der Waals surface area contributed by atoms with Gasteiger partial charge in [0.05, 0.1) is 6.04 Å². The topological polar surface area (TPSA) is 52.6 Å². The summed E-state index contributed by atoms with van der Waals surface area (Å²) in [5, 5.41) is 12.5. The van der Waals surface area contributed by atoms with Crippen molar-refractivity contribution in [2.75, 3.05) is 19.7 Å². The van der Waals surface area contributed by atoms with Gasteiger partial charge in [0, 0.05) is 19.7 Å². The van der Waals surface area contributed by atoms with Gasteiger partial charge in [0.25, 0.3) is 0 Å². The molecule has 2 fully saturated rings. The molecule has 1 saturated heterocycles. The first-order valence-corrected chi connectivity index (χ1v) is 8.59. The highest BCUT2D eigenvalue weighted by molar-refractivity contribution is 5.75. The summed E-state index contributed by atoms with van der Waals surface area (Å²) in [7, 11) is 0. The molecule has 23 heavy (non-hydrogen) atoms. The number of aliphatic hydroxyl groups is 1. The van der Waals surface area contributed by atoms with Crippen LogP contribution in [0.4, 0.5) is 9.18 Å². The van der Waals surface area contributed by atoms with E-state index in [2.05, 4.69) is 5.32 Å². The second-order valence-corrected chi connectivity index (χ2v) is 6.81. The molecule has 0 bridgehead atoms. The molecule has 2 aliphatic rings. The van der Waals surface area contributed by atoms with Crippen LogP contribution in [0.2, 0.25) is 0 Å². The molecule has 1 heterocycles. The van der Waals surface area contributed by atoms with Crippen LogP contribution >= 0.6 is 0 Å². The zero-order chi connectivity index (χ0) is 16.2. The molecule has 1 aliphatic heterocycles. The van der Waals surface area contributed by atoms with Gasteiger partial charge in [-0.25, -0.2) is 9.18 Å². The molecule has 1 saturated carbocycles. The summed E-state index contributed by atoms with van der Waals surface area (Å²) >= 11 is 0. The fraction of sp³-hybridized carbons (Fsp3) is 0.611. The zero-order valence-corrected chi connectivity index (χ0v) is 13.4. The average Bonchev–Trinajstić information content (AvgIpc) is 2.53. The SMILES string of the molecule is O=C(N[C@H](c1ccc(F)cc1)C1CCC1)N1CCC[C@@H](CO)C1. The molecule has 3 rings (SSSR count). The monoisotopic (exact) mass is 320 g/mol. The lowest BCUT2D eigenvalue weighted by molar-refractivity contribution is 0.123. The van der Waals surface area contributed by atoms with Crippen molar-refractivity contribution in [3.8, 4) is 0 Å². The van der Waals surface area contributed by atoms with E-state index in [4.69, 9.17) is 0 Å². The number of amides is 2. The number of carbonyl (C=O) groups excluding carboxylic acids is 1. The number of halogens is 1. The average molecular weight is 320 g/mol. The van der Waals surface area contributed by atoms with Gasteiger partial charge in [0.2, 0.25) is 0 Å². The van der Waals surface area contributed by atoms with E-state index in [0.717, 1.165) is 37.8 Å². The maximum absolute atomic E-state index is 13.2. The Balaban J connectivity index is 1.68. The van der Waals surface area contributed by atoms with Crippen molar-refractivity contribution in [2.24, 2.45) is 11.8 Å². The van der Waals surface area contributed by atoms with Gasteiger partial charge in [-0.15, -0.1) is 0 Å². The maximum Gasteiger partial charge on any atom is 0.317 e. The van der Waals surface area contributed by atoms with Crippen molar-refractivity contribution in [3.63, 3.8) is 0 Å². The van der Waals surface area contributed by atoms with Crippen LogP contribution in [0, 0.1) is 17.7 Å². The van der Waals surface area contributed by atoms with Crippen LogP contribution in [0.5, 0.6) is 0 Å². The van der Waals surface area contributed by atoms with E-state index in [0.29, 0.717) is 12.5 Å². The Labute approximate surface area is 136 Å². The number of benzene rings is 1. The highest BCUT2D eigenvalue weighted by atomic mass is 19.1. The first-order valence-electron chi connectivity index (χ1n) is 8.59. The molecule has 1 aromatic rings. The van der Waals surface area contributed by atoms with Gasteiger partial charge in [-0.1, -0.05) is 18.6 Å². The Morgan fingerprint density at radius 3 is 2.61 bits per heavy atom. The standard InChI is InChI=1S/C18H25FN2O2/c19-16-8-6-15(7-9-16)17(14-4-1-5-14)20-18(23)21-10-2-3-13(11-21)12-22/h6-9,13-14,17,22H,1-5,10-12H2,(H,20,23)/t13-,17+/m1/s1. The number of aliphatic hydroxyl groups excluding tert-OH is 1. The summed E-state index contributed by atoms with van der Waals surface area (Å²) in [6.07, 6.45) is 5.30. The summed E-state index contributed by atoms with van der Waals surface area (Å²) < 4.78 is 13.2. The first-order chi connectivity index (χ1) is 11.2. The molecule has 1 aromatic carbocycles. The molecule has 2 atom stereocenters. The minimum absolute atomic E-state index is 0.0497. The fourth-order valence-electron chi connectivity index (χ4n) is 3.54. The fourth-order valence-corrected chi connectivity index (χ4v) is 3.54. The van der Waals surface area contributed by atoms with Gasteiger partial charge < -0.3 is 15.3 Å². The number of rotatable bonds is 4. The normalized spacial score (nSPS) is 23.2. The van der Waals surface area contributed by atoms with Crippen LogP contribution in [0.25, 0.3) is 0 Å². The minimum Gasteiger partial charge on any atom is -0.396 e. The highest BCUT2D eigenvalue weighted by Crippen LogP contribution is 2.38. The van der Waals surface area contributed by atoms with Crippen molar-refractivity contribution in [1.82, 2.24) is 10.2 Å². The number of hydrogen-bond donors (Lipinski definition) is 2. The summed E-state index contributed by atoms with van der Waals surface area (Å²) in [5.74, 6) is 0.361. The number of hydrogen-bond acceptors (Lipinski definition) is 2. The van der Waals surface area contributed by atoms with Crippen molar-refractivity contribution >= 4 is 6.03 Å². The molecule has 5 heteroatoms. The van der Waals surface area contributed by atoms with E-state index in [-0.39, 0.29) is 30.4 Å². The first kappa shape index (κ1) is 16.2. The van der Waals surface area contributed by atoms with E-state index in [1.807, 2.05) is 0 Å². The predicted molar refractivity (Wildman–Crippen MR) is 86.4 cm³/mol. The molecule has 126 valence electrons. The number of nitrogens with zero attached hydrogens (tertiary/aromatic N) is 1. The Bertz CT molecular complexity index is 530. The van der Waals surface area contributed by atoms with Crippen molar-refractivity contribution in [3.05, 3.63) is 35.6 Å². The molecule has 0 aromatic heterocycles. The minimum atomic E-state index is -0.255. The summed E-state index contributed by atoms with van der Waals surface area (Å²) in [6.45, 7) is 1.49. The maximum atomic E-state index is 13.2. The molecule has 2 N–H and O–H groups in total. The van der Waals surface area contributed by atoms with Crippen LogP contribution in [0.3, 0.4) is 0 Å². The molecule has 0 unspecified atom stereocenters. The number of urea groups is 1. The summed E-state index contributed by atoms with van der Waals surface area (Å²) in [5.41, 5.74) is 0.972. The van der Waals surface area contributed by atoms with Gasteiger partial charge >= 0.3 is 6.03 Å². The Morgan fingerprint density at radius 1 is 1.26 bits per heavy atom. The Hall–Kier alpha value is -1.62. The highest BCUT2D eigenvalue weighted by Gasteiger charge is 2.32. The van der Waals surface area contributed by atoms with E-state index in [1.165, 1.54) is 18.6 Å². The molecular weight excluding hydrogens is 295 g/mol. The van der Waals surface area contributed by atoms with Gasteiger partial charge in [-0.3, -0.25) is 0 Å². The number of piperidine rings is 1. The molecular formula is C18H25FN2O2. The van der Waals surface area contributed by atoms with Gasteiger partial charge in [0.1, 0.15) is 5.82 Å². The lowest BCUT2D eigenvalue weighted by atomic mass is 9.77. The Morgan fingerprint density at radius 2 is 2.00 bits per heavy atom. The van der Waals surface area contributed by atoms with E-state index in [1.54, 1.807) is 17.0 Å². The Kier molecular flexibility index (Phi) is 5.16. The smallest absolute Gasteiger partial charge is 0.317 e. The van der Waals surface area contributed by atoms with Crippen molar-refractivity contribution < 1.29 is 14.3 Å². The third-order valence-corrected chi connectivity index (χ3v) is 5.19. The van der Waals surface area contributed by atoms with Gasteiger partial charge in [-0.2, -0.15) is 0 Å². The van der Waals surface area contributed by atoms with Crippen molar-refractivity contribution in [1.29, 1.82) is 0 Å². The number of likely N-dealkylation sites (tertiary alicyclic amines) is 1. The third-order valence-electron chi connectivity index (χ3n) is 5.19. The zero-order valence-electron chi connectivity index (χ0n) is 13.4. The quantitative estimate of drug-likeness (QED) is 0.896. The second kappa shape index (κ2) is 7.30. The van der Waals surface area contributed by atoms with Crippen LogP contribution in [0.1, 0.15) is 43.7 Å². The summed E-state index contributed by atoms with van der Waals surface area (Å²) in [6, 6.07) is 6.33. The third kappa shape index (κ3) is 3.83. The molecule has 4 nitrogen and oxygen atoms in total. The second-order valence-electron chi connectivity index (χ2n) is 6.81. The van der Waals surface area contributed by atoms with Crippen LogP contribution in [0.15, 0.2) is 24.3 Å². The van der Waals surface area contributed by atoms with Crippen LogP contribution < -0.4 is 5.32 Å². The largest absolute Gasteiger partial charge is 0.396 e. The van der Waals surface area contributed by atoms with E-state index >= 15 is 0 Å².